The predicted octanol–water partition coefficient (Wildman–Crippen LogP) is 2.67. The second-order valence-electron chi connectivity index (χ2n) is 8.45. The van der Waals surface area contributed by atoms with Gasteiger partial charge in [-0.2, -0.15) is 0 Å². The van der Waals surface area contributed by atoms with Crippen LogP contribution in [-0.4, -0.2) is 47.8 Å². The maximum Gasteiger partial charge on any atom is 0.254 e. The van der Waals surface area contributed by atoms with Crippen LogP contribution in [0.2, 0.25) is 0 Å². The number of amides is 2. The molecule has 2 saturated heterocycles. The van der Waals surface area contributed by atoms with Crippen molar-refractivity contribution in [3.63, 3.8) is 0 Å². The third-order valence-corrected chi connectivity index (χ3v) is 6.54. The lowest BCUT2D eigenvalue weighted by Gasteiger charge is -2.25. The van der Waals surface area contributed by atoms with Crippen LogP contribution < -0.4 is 5.32 Å². The van der Waals surface area contributed by atoms with Crippen LogP contribution in [-0.2, 0) is 13.1 Å². The highest BCUT2D eigenvalue weighted by Crippen LogP contribution is 2.40. The summed E-state index contributed by atoms with van der Waals surface area (Å²) < 4.78 is 0. The maximum absolute atomic E-state index is 13.2. The van der Waals surface area contributed by atoms with Crippen LogP contribution in [0.4, 0.5) is 0 Å². The normalized spacial score (nSPS) is 24.0. The second kappa shape index (κ2) is 6.74. The van der Waals surface area contributed by atoms with E-state index in [0.717, 1.165) is 51.1 Å². The summed E-state index contributed by atoms with van der Waals surface area (Å²) in [6.07, 6.45) is 2.18. The monoisotopic (exact) mass is 375 g/mol. The molecular weight excluding hydrogens is 350 g/mol. The summed E-state index contributed by atoms with van der Waals surface area (Å²) in [5.41, 5.74) is 3.61. The minimum atomic E-state index is -0.122. The van der Waals surface area contributed by atoms with Gasteiger partial charge < -0.3 is 10.2 Å². The van der Waals surface area contributed by atoms with Crippen LogP contribution in [0.3, 0.4) is 0 Å². The van der Waals surface area contributed by atoms with Crippen molar-refractivity contribution in [3.05, 3.63) is 70.8 Å². The van der Waals surface area contributed by atoms with Gasteiger partial charge in [-0.05, 0) is 36.6 Å². The van der Waals surface area contributed by atoms with Crippen molar-refractivity contribution in [1.82, 2.24) is 15.1 Å². The van der Waals surface area contributed by atoms with Gasteiger partial charge in [0.25, 0.3) is 11.8 Å². The summed E-state index contributed by atoms with van der Waals surface area (Å²) >= 11 is 0. The van der Waals surface area contributed by atoms with Gasteiger partial charge in [-0.25, -0.2) is 0 Å². The van der Waals surface area contributed by atoms with E-state index in [0.29, 0.717) is 17.7 Å². The van der Waals surface area contributed by atoms with E-state index in [-0.39, 0.29) is 17.2 Å². The molecule has 1 atom stereocenters. The van der Waals surface area contributed by atoms with Gasteiger partial charge in [-0.15, -0.1) is 0 Å². The number of hydrogen-bond donors (Lipinski definition) is 1. The lowest BCUT2D eigenvalue weighted by atomic mass is 9.86. The fourth-order valence-electron chi connectivity index (χ4n) is 5.07. The SMILES string of the molecule is O=C1NCc2cccc(C(=O)N3CCC4(CCN(Cc5ccccc5)C4)C3)c21. The van der Waals surface area contributed by atoms with Crippen LogP contribution in [0.5, 0.6) is 0 Å². The molecule has 5 rings (SSSR count). The molecule has 2 aromatic carbocycles. The maximum atomic E-state index is 13.2. The zero-order chi connectivity index (χ0) is 19.1. The molecule has 2 fully saturated rings. The Bertz CT molecular complexity index is 927. The first-order chi connectivity index (χ1) is 13.6. The molecule has 5 nitrogen and oxygen atoms in total. The van der Waals surface area contributed by atoms with Gasteiger partial charge in [0.2, 0.25) is 0 Å². The van der Waals surface area contributed by atoms with Crippen molar-refractivity contribution < 1.29 is 9.59 Å². The van der Waals surface area contributed by atoms with Crippen molar-refractivity contribution in [3.8, 4) is 0 Å². The molecule has 28 heavy (non-hydrogen) atoms. The number of carbonyl (C=O) groups is 2. The summed E-state index contributed by atoms with van der Waals surface area (Å²) in [5, 5.41) is 2.83. The molecule has 0 aromatic heterocycles. The van der Waals surface area contributed by atoms with Crippen molar-refractivity contribution in [2.24, 2.45) is 5.41 Å². The van der Waals surface area contributed by atoms with Gasteiger partial charge >= 0.3 is 0 Å². The Labute approximate surface area is 165 Å². The number of fused-ring (bicyclic) bond motifs is 1. The highest BCUT2D eigenvalue weighted by molar-refractivity contribution is 6.09. The molecule has 3 aliphatic heterocycles. The highest BCUT2D eigenvalue weighted by atomic mass is 16.2. The Morgan fingerprint density at radius 3 is 2.68 bits per heavy atom. The van der Waals surface area contributed by atoms with Crippen molar-refractivity contribution in [2.45, 2.75) is 25.9 Å². The zero-order valence-corrected chi connectivity index (χ0v) is 16.0. The van der Waals surface area contributed by atoms with Gasteiger partial charge in [0, 0.05) is 38.1 Å². The van der Waals surface area contributed by atoms with Crippen molar-refractivity contribution in [1.29, 1.82) is 0 Å². The first-order valence-corrected chi connectivity index (χ1v) is 10.1. The predicted molar refractivity (Wildman–Crippen MR) is 107 cm³/mol. The minimum absolute atomic E-state index is 0.00674. The average Bonchev–Trinajstić information content (AvgIpc) is 3.42. The fourth-order valence-corrected chi connectivity index (χ4v) is 5.07. The number of hydrogen-bond acceptors (Lipinski definition) is 3. The highest BCUT2D eigenvalue weighted by Gasteiger charge is 2.45. The number of likely N-dealkylation sites (tertiary alicyclic amines) is 2. The fraction of sp³-hybridized carbons (Fsp3) is 0.391. The molecular formula is C23H25N3O2. The van der Waals surface area contributed by atoms with E-state index in [1.807, 2.05) is 17.0 Å². The topological polar surface area (TPSA) is 52.7 Å². The van der Waals surface area contributed by atoms with E-state index in [9.17, 15) is 9.59 Å². The van der Waals surface area contributed by atoms with Crippen LogP contribution in [0.25, 0.3) is 0 Å². The van der Waals surface area contributed by atoms with E-state index < -0.39 is 0 Å². The molecule has 1 unspecified atom stereocenters. The Morgan fingerprint density at radius 1 is 1.00 bits per heavy atom. The molecule has 1 spiro atoms. The zero-order valence-electron chi connectivity index (χ0n) is 16.0. The van der Waals surface area contributed by atoms with Gasteiger partial charge in [0.05, 0.1) is 11.1 Å². The number of nitrogens with zero attached hydrogens (tertiary/aromatic N) is 2. The number of benzene rings is 2. The lowest BCUT2D eigenvalue weighted by Crippen LogP contribution is -2.34. The first kappa shape index (κ1) is 17.4. The molecule has 3 aliphatic rings. The van der Waals surface area contributed by atoms with Gasteiger partial charge in [-0.1, -0.05) is 42.5 Å². The van der Waals surface area contributed by atoms with Crippen LogP contribution >= 0.6 is 0 Å². The molecule has 144 valence electrons. The molecule has 5 heteroatoms. The smallest absolute Gasteiger partial charge is 0.254 e. The molecule has 0 aliphatic carbocycles. The summed E-state index contributed by atoms with van der Waals surface area (Å²) in [6.45, 7) is 5.20. The number of carbonyl (C=O) groups excluding carboxylic acids is 2. The molecule has 0 radical (unpaired) electrons. The van der Waals surface area contributed by atoms with E-state index in [1.165, 1.54) is 5.56 Å². The van der Waals surface area contributed by atoms with Crippen LogP contribution in [0.15, 0.2) is 48.5 Å². The van der Waals surface area contributed by atoms with Gasteiger partial charge in [-0.3, -0.25) is 14.5 Å². The molecule has 2 amide bonds. The van der Waals surface area contributed by atoms with E-state index >= 15 is 0 Å². The van der Waals surface area contributed by atoms with E-state index in [2.05, 4.69) is 40.5 Å². The Balaban J connectivity index is 1.29. The summed E-state index contributed by atoms with van der Waals surface area (Å²) in [6, 6.07) is 16.2. The quantitative estimate of drug-likeness (QED) is 0.897. The van der Waals surface area contributed by atoms with Crippen molar-refractivity contribution >= 4 is 11.8 Å². The molecule has 0 bridgehead atoms. The Kier molecular flexibility index (Phi) is 4.20. The van der Waals surface area contributed by atoms with Gasteiger partial charge in [0.15, 0.2) is 0 Å². The lowest BCUT2D eigenvalue weighted by molar-refractivity contribution is 0.0767. The number of nitrogens with one attached hydrogen (secondary N) is 1. The van der Waals surface area contributed by atoms with E-state index in [1.54, 1.807) is 6.07 Å². The first-order valence-electron chi connectivity index (χ1n) is 10.1. The second-order valence-corrected chi connectivity index (χ2v) is 8.45. The van der Waals surface area contributed by atoms with E-state index in [4.69, 9.17) is 0 Å². The molecule has 2 aromatic rings. The standard InChI is InChI=1S/C23H25N3O2/c27-21-20-18(13-24-21)7-4-8-19(20)22(28)26-12-10-23(16-26)9-11-25(15-23)14-17-5-2-1-3-6-17/h1-8H,9-16H2,(H,24,27). The van der Waals surface area contributed by atoms with Crippen LogP contribution in [0.1, 0.15) is 44.7 Å². The number of rotatable bonds is 3. The summed E-state index contributed by atoms with van der Waals surface area (Å²) in [7, 11) is 0. The Morgan fingerprint density at radius 2 is 1.82 bits per heavy atom. The van der Waals surface area contributed by atoms with Crippen molar-refractivity contribution in [2.75, 3.05) is 26.2 Å². The average molecular weight is 375 g/mol. The molecule has 0 saturated carbocycles. The largest absolute Gasteiger partial charge is 0.348 e. The summed E-state index contributed by atoms with van der Waals surface area (Å²) in [5.74, 6) is -0.116. The molecule has 1 N–H and O–H groups in total. The third-order valence-electron chi connectivity index (χ3n) is 6.54. The van der Waals surface area contributed by atoms with Crippen LogP contribution in [0, 0.1) is 5.41 Å². The Hall–Kier alpha value is -2.66. The summed E-state index contributed by atoms with van der Waals surface area (Å²) in [4.78, 5) is 29.9. The minimum Gasteiger partial charge on any atom is -0.348 e. The van der Waals surface area contributed by atoms with Gasteiger partial charge in [0.1, 0.15) is 0 Å². The third kappa shape index (κ3) is 3.00. The molecule has 3 heterocycles.